The molecule has 0 radical (unpaired) electrons. The van der Waals surface area contributed by atoms with E-state index in [0.29, 0.717) is 25.2 Å². The Morgan fingerprint density at radius 2 is 1.50 bits per heavy atom. The summed E-state index contributed by atoms with van der Waals surface area (Å²) in [4.78, 5) is 42.9. The molecular formula is C21H30N4O3. The van der Waals surface area contributed by atoms with E-state index < -0.39 is 0 Å². The van der Waals surface area contributed by atoms with Gasteiger partial charge in [-0.25, -0.2) is 0 Å². The zero-order chi connectivity index (χ0) is 19.9. The Bertz CT molecular complexity index is 680. The van der Waals surface area contributed by atoms with Gasteiger partial charge in [0.1, 0.15) is 0 Å². The molecule has 2 heterocycles. The molecule has 1 unspecified atom stereocenters. The van der Waals surface area contributed by atoms with Crippen molar-refractivity contribution in [2.75, 3.05) is 45.8 Å². The first-order valence-electron chi connectivity index (χ1n) is 10.2. The number of benzene rings is 1. The molecule has 1 aromatic rings. The third-order valence-corrected chi connectivity index (χ3v) is 5.44. The number of rotatable bonds is 6. The van der Waals surface area contributed by atoms with Crippen LogP contribution in [0.1, 0.15) is 36.5 Å². The number of hydrogen-bond donors (Lipinski definition) is 1. The molecule has 28 heavy (non-hydrogen) atoms. The molecule has 0 aliphatic carbocycles. The zero-order valence-electron chi connectivity index (χ0n) is 16.6. The average Bonchev–Trinajstić information content (AvgIpc) is 3.24. The summed E-state index contributed by atoms with van der Waals surface area (Å²) in [5.41, 5.74) is 0.595. The Morgan fingerprint density at radius 1 is 0.893 bits per heavy atom. The van der Waals surface area contributed by atoms with Crippen molar-refractivity contribution < 1.29 is 14.4 Å². The molecule has 2 aliphatic heterocycles. The molecule has 0 saturated carbocycles. The lowest BCUT2D eigenvalue weighted by Crippen LogP contribution is -2.52. The molecule has 152 valence electrons. The van der Waals surface area contributed by atoms with Gasteiger partial charge in [0.05, 0.1) is 6.54 Å². The normalized spacial score (nSPS) is 18.8. The number of amides is 3. The van der Waals surface area contributed by atoms with Crippen LogP contribution in [0.3, 0.4) is 0 Å². The Morgan fingerprint density at radius 3 is 2.14 bits per heavy atom. The van der Waals surface area contributed by atoms with Crippen molar-refractivity contribution in [1.29, 1.82) is 0 Å². The van der Waals surface area contributed by atoms with E-state index >= 15 is 0 Å². The van der Waals surface area contributed by atoms with Gasteiger partial charge in [0.25, 0.3) is 5.91 Å². The third-order valence-electron chi connectivity index (χ3n) is 5.44. The first-order valence-corrected chi connectivity index (χ1v) is 10.2. The van der Waals surface area contributed by atoms with Crippen molar-refractivity contribution in [1.82, 2.24) is 20.0 Å². The van der Waals surface area contributed by atoms with E-state index in [2.05, 4.69) is 10.2 Å². The highest BCUT2D eigenvalue weighted by molar-refractivity contribution is 5.94. The maximum Gasteiger partial charge on any atom is 0.251 e. The number of likely N-dealkylation sites (tertiary alicyclic amines) is 1. The molecule has 1 N–H and O–H groups in total. The first-order chi connectivity index (χ1) is 13.5. The number of carbonyl (C=O) groups excluding carboxylic acids is 3. The summed E-state index contributed by atoms with van der Waals surface area (Å²) in [5, 5.41) is 2.89. The predicted molar refractivity (Wildman–Crippen MR) is 107 cm³/mol. The minimum Gasteiger partial charge on any atom is -0.349 e. The molecule has 3 amide bonds. The van der Waals surface area contributed by atoms with Gasteiger partial charge in [-0.1, -0.05) is 18.2 Å². The minimum absolute atomic E-state index is 0.0476. The largest absolute Gasteiger partial charge is 0.349 e. The molecule has 3 rings (SSSR count). The molecule has 1 atom stereocenters. The highest BCUT2D eigenvalue weighted by Crippen LogP contribution is 2.10. The average molecular weight is 386 g/mol. The van der Waals surface area contributed by atoms with E-state index in [0.717, 1.165) is 39.0 Å². The quantitative estimate of drug-likeness (QED) is 0.791. The minimum atomic E-state index is -0.227. The number of nitrogens with zero attached hydrogens (tertiary/aromatic N) is 3. The fraction of sp³-hybridized carbons (Fsp3) is 0.571. The van der Waals surface area contributed by atoms with Crippen molar-refractivity contribution in [2.24, 2.45) is 0 Å². The number of piperazine rings is 1. The molecule has 1 aromatic carbocycles. The van der Waals surface area contributed by atoms with E-state index in [4.69, 9.17) is 0 Å². The summed E-state index contributed by atoms with van der Waals surface area (Å²) < 4.78 is 0. The van der Waals surface area contributed by atoms with Gasteiger partial charge in [-0.3, -0.25) is 19.3 Å². The number of nitrogens with one attached hydrogen (secondary N) is 1. The van der Waals surface area contributed by atoms with Crippen LogP contribution < -0.4 is 5.32 Å². The summed E-state index contributed by atoms with van der Waals surface area (Å²) in [6, 6.07) is 8.79. The predicted octanol–water partition coefficient (Wildman–Crippen LogP) is 0.962. The fourth-order valence-corrected chi connectivity index (χ4v) is 3.75. The van der Waals surface area contributed by atoms with Crippen LogP contribution in [0.15, 0.2) is 30.3 Å². The maximum atomic E-state index is 12.5. The third kappa shape index (κ3) is 5.55. The fourth-order valence-electron chi connectivity index (χ4n) is 3.75. The Kier molecular flexibility index (Phi) is 7.03. The second kappa shape index (κ2) is 9.68. The lowest BCUT2D eigenvalue weighted by atomic mass is 10.1. The molecular weight excluding hydrogens is 356 g/mol. The molecule has 0 spiro atoms. The van der Waals surface area contributed by atoms with Crippen molar-refractivity contribution >= 4 is 17.7 Å². The number of hydrogen-bond acceptors (Lipinski definition) is 4. The summed E-state index contributed by atoms with van der Waals surface area (Å²) in [6.07, 6.45) is 2.49. The van der Waals surface area contributed by atoms with Crippen molar-refractivity contribution in [3.63, 3.8) is 0 Å². The lowest BCUT2D eigenvalue weighted by molar-refractivity contribution is -0.134. The van der Waals surface area contributed by atoms with E-state index in [1.165, 1.54) is 0 Å². The summed E-state index contributed by atoms with van der Waals surface area (Å²) >= 11 is 0. The van der Waals surface area contributed by atoms with Gasteiger partial charge >= 0.3 is 0 Å². The van der Waals surface area contributed by atoms with Crippen molar-refractivity contribution in [3.05, 3.63) is 35.9 Å². The smallest absolute Gasteiger partial charge is 0.251 e. The highest BCUT2D eigenvalue weighted by Gasteiger charge is 2.26. The summed E-state index contributed by atoms with van der Waals surface area (Å²) in [5.74, 6) is 0.0899. The van der Waals surface area contributed by atoms with Gasteiger partial charge in [-0.15, -0.1) is 0 Å². The Labute approximate surface area is 166 Å². The molecule has 7 heteroatoms. The first kappa shape index (κ1) is 20.3. The van der Waals surface area contributed by atoms with Gasteiger partial charge in [0.15, 0.2) is 0 Å². The molecule has 0 bridgehead atoms. The monoisotopic (exact) mass is 386 g/mol. The van der Waals surface area contributed by atoms with Crippen LogP contribution >= 0.6 is 0 Å². The van der Waals surface area contributed by atoms with Gasteiger partial charge in [0.2, 0.25) is 11.8 Å². The van der Waals surface area contributed by atoms with Crippen LogP contribution in [0.25, 0.3) is 0 Å². The molecule has 2 aliphatic rings. The van der Waals surface area contributed by atoms with E-state index in [1.807, 2.05) is 34.9 Å². The van der Waals surface area contributed by atoms with Gasteiger partial charge < -0.3 is 15.1 Å². The van der Waals surface area contributed by atoms with Crippen molar-refractivity contribution in [2.45, 2.75) is 32.2 Å². The van der Waals surface area contributed by atoms with E-state index in [-0.39, 0.29) is 30.2 Å². The molecule has 0 aromatic heterocycles. The second-order valence-corrected chi connectivity index (χ2v) is 7.69. The van der Waals surface area contributed by atoms with Crippen molar-refractivity contribution in [3.8, 4) is 0 Å². The maximum absolute atomic E-state index is 12.5. The number of carbonyl (C=O) groups is 3. The van der Waals surface area contributed by atoms with Crippen LogP contribution in [0, 0.1) is 0 Å². The molecule has 2 fully saturated rings. The van der Waals surface area contributed by atoms with Gasteiger partial charge in [-0.05, 0) is 31.9 Å². The Balaban J connectivity index is 1.38. The topological polar surface area (TPSA) is 73.0 Å². The SMILES string of the molecule is CC(CC(=O)N1CCN(CC(=O)N2CCCC2)CC1)NC(=O)c1ccccc1. The highest BCUT2D eigenvalue weighted by atomic mass is 16.2. The summed E-state index contributed by atoms with van der Waals surface area (Å²) in [6.45, 7) is 6.76. The summed E-state index contributed by atoms with van der Waals surface area (Å²) in [7, 11) is 0. The molecule has 7 nitrogen and oxygen atoms in total. The molecule has 2 saturated heterocycles. The van der Waals surface area contributed by atoms with Crippen LogP contribution in [-0.2, 0) is 9.59 Å². The van der Waals surface area contributed by atoms with Gasteiger partial charge in [0, 0.05) is 57.3 Å². The van der Waals surface area contributed by atoms with Gasteiger partial charge in [-0.2, -0.15) is 0 Å². The van der Waals surface area contributed by atoms with E-state index in [1.54, 1.807) is 12.1 Å². The standard InChI is InChI=1S/C21H30N4O3/c1-17(22-21(28)18-7-3-2-4-8-18)15-19(26)25-13-11-23(12-14-25)16-20(27)24-9-5-6-10-24/h2-4,7-8,17H,5-6,9-16H2,1H3,(H,22,28). The lowest BCUT2D eigenvalue weighted by Gasteiger charge is -2.35. The van der Waals surface area contributed by atoms with Crippen LogP contribution in [0.4, 0.5) is 0 Å². The van der Waals surface area contributed by atoms with Crippen LogP contribution in [0.2, 0.25) is 0 Å². The second-order valence-electron chi connectivity index (χ2n) is 7.69. The van der Waals surface area contributed by atoms with Crippen LogP contribution in [-0.4, -0.2) is 84.3 Å². The van der Waals surface area contributed by atoms with E-state index in [9.17, 15) is 14.4 Å². The zero-order valence-corrected chi connectivity index (χ0v) is 16.6. The Hall–Kier alpha value is -2.41. The van der Waals surface area contributed by atoms with Crippen LogP contribution in [0.5, 0.6) is 0 Å².